The second-order valence-corrected chi connectivity index (χ2v) is 4.38. The molecule has 2 aromatic rings. The molecule has 0 fully saturated rings. The highest BCUT2D eigenvalue weighted by atomic mass is 14.9. The van der Waals surface area contributed by atoms with Crippen LogP contribution in [0.1, 0.15) is 37.8 Å². The SMILES string of the molecule is [CH2]C(CCCC)c1c[nH]c(-c2ccccc2)n1. The van der Waals surface area contributed by atoms with Gasteiger partial charge in [0.2, 0.25) is 0 Å². The summed E-state index contributed by atoms with van der Waals surface area (Å²) in [5, 5.41) is 0. The minimum Gasteiger partial charge on any atom is -0.344 e. The van der Waals surface area contributed by atoms with Crippen molar-refractivity contribution in [3.8, 4) is 11.4 Å². The van der Waals surface area contributed by atoms with Crippen LogP contribution in [0.3, 0.4) is 0 Å². The fraction of sp³-hybridized carbons (Fsp3) is 0.333. The minimum absolute atomic E-state index is 0.295. The van der Waals surface area contributed by atoms with E-state index in [0.717, 1.165) is 23.5 Å². The van der Waals surface area contributed by atoms with Gasteiger partial charge in [-0.05, 0) is 13.3 Å². The van der Waals surface area contributed by atoms with Gasteiger partial charge in [0.1, 0.15) is 5.82 Å². The third kappa shape index (κ3) is 2.96. The van der Waals surface area contributed by atoms with Gasteiger partial charge in [0.15, 0.2) is 0 Å². The zero-order chi connectivity index (χ0) is 12.1. The topological polar surface area (TPSA) is 28.7 Å². The van der Waals surface area contributed by atoms with Gasteiger partial charge in [-0.3, -0.25) is 0 Å². The van der Waals surface area contributed by atoms with Gasteiger partial charge in [-0.15, -0.1) is 0 Å². The Labute approximate surface area is 103 Å². The normalized spacial score (nSPS) is 12.6. The summed E-state index contributed by atoms with van der Waals surface area (Å²) in [6.07, 6.45) is 5.51. The van der Waals surface area contributed by atoms with E-state index in [4.69, 9.17) is 0 Å². The summed E-state index contributed by atoms with van der Waals surface area (Å²) in [5.41, 5.74) is 2.19. The van der Waals surface area contributed by atoms with E-state index in [1.54, 1.807) is 0 Å². The average Bonchev–Trinajstić information content (AvgIpc) is 2.86. The number of hydrogen-bond acceptors (Lipinski definition) is 1. The molecule has 0 aliphatic carbocycles. The molecular formula is C15H19N2. The summed E-state index contributed by atoms with van der Waals surface area (Å²) in [7, 11) is 0. The Morgan fingerprint density at radius 2 is 2.06 bits per heavy atom. The summed E-state index contributed by atoms with van der Waals surface area (Å²) in [4.78, 5) is 7.84. The fourth-order valence-electron chi connectivity index (χ4n) is 1.89. The van der Waals surface area contributed by atoms with Crippen LogP contribution in [0.25, 0.3) is 11.4 Å². The second kappa shape index (κ2) is 5.67. The smallest absolute Gasteiger partial charge is 0.137 e. The summed E-state index contributed by atoms with van der Waals surface area (Å²) >= 11 is 0. The first-order valence-corrected chi connectivity index (χ1v) is 6.25. The fourth-order valence-corrected chi connectivity index (χ4v) is 1.89. The standard InChI is InChI=1S/C15H19N2/c1-3-4-8-12(2)14-11-16-15(17-14)13-9-6-5-7-10-13/h5-7,9-12H,2-4,8H2,1H3,(H,16,17). The highest BCUT2D eigenvalue weighted by Gasteiger charge is 2.10. The van der Waals surface area contributed by atoms with Gasteiger partial charge in [0.05, 0.1) is 5.69 Å². The number of benzene rings is 1. The van der Waals surface area contributed by atoms with Gasteiger partial charge in [0.25, 0.3) is 0 Å². The molecule has 1 aromatic carbocycles. The van der Waals surface area contributed by atoms with Crippen LogP contribution in [0.15, 0.2) is 36.5 Å². The molecule has 17 heavy (non-hydrogen) atoms. The van der Waals surface area contributed by atoms with Crippen LogP contribution < -0.4 is 0 Å². The van der Waals surface area contributed by atoms with E-state index >= 15 is 0 Å². The van der Waals surface area contributed by atoms with Crippen LogP contribution in [0.5, 0.6) is 0 Å². The maximum absolute atomic E-state index is 4.62. The highest BCUT2D eigenvalue weighted by molar-refractivity contribution is 5.54. The van der Waals surface area contributed by atoms with E-state index in [1.165, 1.54) is 12.8 Å². The second-order valence-electron chi connectivity index (χ2n) is 4.38. The predicted octanol–water partition coefficient (Wildman–Crippen LogP) is 4.18. The highest BCUT2D eigenvalue weighted by Crippen LogP contribution is 2.22. The predicted molar refractivity (Wildman–Crippen MR) is 71.6 cm³/mol. The van der Waals surface area contributed by atoms with E-state index in [0.29, 0.717) is 5.92 Å². The Morgan fingerprint density at radius 1 is 1.29 bits per heavy atom. The molecule has 0 amide bonds. The van der Waals surface area contributed by atoms with Crippen LogP contribution in [0.4, 0.5) is 0 Å². The molecule has 2 heteroatoms. The third-order valence-electron chi connectivity index (χ3n) is 2.97. The van der Waals surface area contributed by atoms with Crippen molar-refractivity contribution >= 4 is 0 Å². The molecule has 2 rings (SSSR count). The lowest BCUT2D eigenvalue weighted by Gasteiger charge is -2.06. The number of nitrogens with one attached hydrogen (secondary N) is 1. The Hall–Kier alpha value is -1.57. The van der Waals surface area contributed by atoms with Crippen molar-refractivity contribution in [2.75, 3.05) is 0 Å². The number of hydrogen-bond donors (Lipinski definition) is 1. The Bertz CT molecular complexity index is 445. The lowest BCUT2D eigenvalue weighted by Crippen LogP contribution is -1.94. The van der Waals surface area contributed by atoms with E-state index in [9.17, 15) is 0 Å². The number of rotatable bonds is 5. The number of H-pyrrole nitrogens is 1. The maximum Gasteiger partial charge on any atom is 0.137 e. The van der Waals surface area contributed by atoms with Gasteiger partial charge in [-0.1, -0.05) is 50.1 Å². The van der Waals surface area contributed by atoms with Gasteiger partial charge < -0.3 is 4.98 Å². The largest absolute Gasteiger partial charge is 0.344 e. The summed E-state index contributed by atoms with van der Waals surface area (Å²) in [6.45, 7) is 6.37. The average molecular weight is 227 g/mol. The molecule has 1 aromatic heterocycles. The Kier molecular flexibility index (Phi) is 3.97. The van der Waals surface area contributed by atoms with Gasteiger partial charge in [-0.2, -0.15) is 0 Å². The molecular weight excluding hydrogens is 208 g/mol. The summed E-state index contributed by atoms with van der Waals surface area (Å²) < 4.78 is 0. The summed E-state index contributed by atoms with van der Waals surface area (Å²) in [5.74, 6) is 1.23. The van der Waals surface area contributed by atoms with E-state index in [-0.39, 0.29) is 0 Å². The number of unbranched alkanes of at least 4 members (excludes halogenated alkanes) is 1. The molecule has 0 aliphatic rings. The molecule has 89 valence electrons. The van der Waals surface area contributed by atoms with Gasteiger partial charge in [-0.25, -0.2) is 4.98 Å². The first-order chi connectivity index (χ1) is 8.31. The molecule has 1 heterocycles. The van der Waals surface area contributed by atoms with Crippen molar-refractivity contribution in [3.63, 3.8) is 0 Å². The van der Waals surface area contributed by atoms with Crippen molar-refractivity contribution < 1.29 is 0 Å². The molecule has 1 N–H and O–H groups in total. The van der Waals surface area contributed by atoms with Crippen molar-refractivity contribution in [2.24, 2.45) is 0 Å². The zero-order valence-corrected chi connectivity index (χ0v) is 10.3. The molecule has 2 nitrogen and oxygen atoms in total. The molecule has 0 bridgehead atoms. The van der Waals surface area contributed by atoms with Crippen LogP contribution in [-0.2, 0) is 0 Å². The minimum atomic E-state index is 0.295. The lowest BCUT2D eigenvalue weighted by atomic mass is 10.0. The van der Waals surface area contributed by atoms with Crippen molar-refractivity contribution in [1.29, 1.82) is 0 Å². The Balaban J connectivity index is 2.11. The monoisotopic (exact) mass is 227 g/mol. The van der Waals surface area contributed by atoms with E-state index in [1.807, 2.05) is 24.4 Å². The molecule has 1 atom stereocenters. The molecule has 0 saturated carbocycles. The van der Waals surface area contributed by atoms with Crippen molar-refractivity contribution in [3.05, 3.63) is 49.1 Å². The van der Waals surface area contributed by atoms with Crippen LogP contribution in [0.2, 0.25) is 0 Å². The van der Waals surface area contributed by atoms with Crippen LogP contribution >= 0.6 is 0 Å². The first-order valence-electron chi connectivity index (χ1n) is 6.25. The van der Waals surface area contributed by atoms with Crippen LogP contribution in [-0.4, -0.2) is 9.97 Å². The molecule has 0 spiro atoms. The van der Waals surface area contributed by atoms with E-state index < -0.39 is 0 Å². The number of imidazole rings is 1. The molecule has 0 aliphatic heterocycles. The quantitative estimate of drug-likeness (QED) is 0.815. The first kappa shape index (κ1) is 11.9. The molecule has 1 unspecified atom stereocenters. The zero-order valence-electron chi connectivity index (χ0n) is 10.3. The van der Waals surface area contributed by atoms with Crippen molar-refractivity contribution in [1.82, 2.24) is 9.97 Å². The van der Waals surface area contributed by atoms with E-state index in [2.05, 4.69) is 35.9 Å². The van der Waals surface area contributed by atoms with Gasteiger partial charge in [0, 0.05) is 17.7 Å². The third-order valence-corrected chi connectivity index (χ3v) is 2.97. The van der Waals surface area contributed by atoms with Gasteiger partial charge >= 0.3 is 0 Å². The lowest BCUT2D eigenvalue weighted by molar-refractivity contribution is 0.651. The Morgan fingerprint density at radius 3 is 2.76 bits per heavy atom. The molecule has 0 saturated heterocycles. The number of aromatic amines is 1. The maximum atomic E-state index is 4.62. The summed E-state index contributed by atoms with van der Waals surface area (Å²) in [6, 6.07) is 10.2. The molecule has 1 radical (unpaired) electrons. The van der Waals surface area contributed by atoms with Crippen molar-refractivity contribution in [2.45, 2.75) is 32.1 Å². The van der Waals surface area contributed by atoms with Crippen LogP contribution in [0, 0.1) is 6.92 Å². The number of nitrogens with zero attached hydrogens (tertiary/aromatic N) is 1. The number of aromatic nitrogens is 2.